The van der Waals surface area contributed by atoms with Crippen molar-refractivity contribution in [3.05, 3.63) is 29.3 Å². The van der Waals surface area contributed by atoms with Gasteiger partial charge in [-0.2, -0.15) is 11.8 Å². The number of hydrogen-bond donors (Lipinski definition) is 2. The molecule has 1 rings (SSSR count). The number of amides is 1. The van der Waals surface area contributed by atoms with Crippen LogP contribution in [0, 0.1) is 13.8 Å². The second-order valence-corrected chi connectivity index (χ2v) is 6.07. The van der Waals surface area contributed by atoms with Crippen molar-refractivity contribution in [1.82, 2.24) is 5.32 Å². The van der Waals surface area contributed by atoms with Crippen molar-refractivity contribution in [3.63, 3.8) is 0 Å². The molecule has 0 saturated carbocycles. The Morgan fingerprint density at radius 3 is 2.59 bits per heavy atom. The van der Waals surface area contributed by atoms with Crippen LogP contribution in [0.5, 0.6) is 0 Å². The minimum atomic E-state index is -0.456. The molecule has 0 fully saturated rings. The van der Waals surface area contributed by atoms with Crippen LogP contribution in [-0.4, -0.2) is 43.6 Å². The fraction of sp³-hybridized carbons (Fsp3) is 0.500. The van der Waals surface area contributed by atoms with E-state index >= 15 is 0 Å². The summed E-state index contributed by atoms with van der Waals surface area (Å²) < 4.78 is 4.75. The van der Waals surface area contributed by atoms with E-state index in [-0.39, 0.29) is 18.4 Å². The van der Waals surface area contributed by atoms with Gasteiger partial charge in [-0.1, -0.05) is 6.07 Å². The van der Waals surface area contributed by atoms with E-state index in [9.17, 15) is 9.59 Å². The van der Waals surface area contributed by atoms with Crippen molar-refractivity contribution in [2.24, 2.45) is 0 Å². The van der Waals surface area contributed by atoms with E-state index in [2.05, 4.69) is 10.6 Å². The highest BCUT2D eigenvalue weighted by atomic mass is 32.2. The number of carbonyl (C=O) groups excluding carboxylic acids is 2. The maximum absolute atomic E-state index is 12.0. The molecule has 1 aromatic carbocycles. The third kappa shape index (κ3) is 6.07. The number of thioether (sulfide) groups is 1. The van der Waals surface area contributed by atoms with Gasteiger partial charge in [-0.25, -0.2) is 0 Å². The van der Waals surface area contributed by atoms with Crippen molar-refractivity contribution in [2.45, 2.75) is 26.3 Å². The van der Waals surface area contributed by atoms with Crippen LogP contribution in [0.3, 0.4) is 0 Å². The maximum Gasteiger partial charge on any atom is 0.322 e. The molecule has 0 saturated heterocycles. The molecule has 22 heavy (non-hydrogen) atoms. The maximum atomic E-state index is 12.0. The molecular weight excluding hydrogens is 300 g/mol. The smallest absolute Gasteiger partial charge is 0.322 e. The molecule has 0 unspecified atom stereocenters. The van der Waals surface area contributed by atoms with Crippen molar-refractivity contribution < 1.29 is 14.3 Å². The number of rotatable bonds is 8. The Bertz CT molecular complexity index is 520. The standard InChI is InChI=1S/C16H24N2O3S/c1-11-5-6-13(9-12(11)2)18-15(19)10-17-14(7-8-22-4)16(20)21-3/h5-6,9,14,17H,7-8,10H2,1-4H3,(H,18,19)/t14-/m1/s1. The van der Waals surface area contributed by atoms with E-state index in [4.69, 9.17) is 4.74 Å². The average molecular weight is 324 g/mol. The molecule has 0 aromatic heterocycles. The van der Waals surface area contributed by atoms with Gasteiger partial charge in [0.05, 0.1) is 13.7 Å². The summed E-state index contributed by atoms with van der Waals surface area (Å²) in [5.74, 6) is 0.306. The van der Waals surface area contributed by atoms with Crippen LogP contribution in [0.15, 0.2) is 18.2 Å². The van der Waals surface area contributed by atoms with Gasteiger partial charge < -0.3 is 10.1 Å². The first-order valence-electron chi connectivity index (χ1n) is 7.15. The number of ether oxygens (including phenoxy) is 1. The van der Waals surface area contributed by atoms with E-state index in [1.807, 2.05) is 38.3 Å². The molecule has 5 nitrogen and oxygen atoms in total. The van der Waals surface area contributed by atoms with Gasteiger partial charge in [0.1, 0.15) is 6.04 Å². The van der Waals surface area contributed by atoms with Crippen LogP contribution in [0.4, 0.5) is 5.69 Å². The molecule has 0 aliphatic rings. The summed E-state index contributed by atoms with van der Waals surface area (Å²) >= 11 is 1.65. The van der Waals surface area contributed by atoms with Gasteiger partial charge in [-0.05, 0) is 55.5 Å². The third-order valence-electron chi connectivity index (χ3n) is 3.40. The van der Waals surface area contributed by atoms with E-state index in [1.165, 1.54) is 12.7 Å². The summed E-state index contributed by atoms with van der Waals surface area (Å²) in [6, 6.07) is 5.31. The Labute approximate surface area is 136 Å². The number of nitrogens with one attached hydrogen (secondary N) is 2. The van der Waals surface area contributed by atoms with Crippen LogP contribution < -0.4 is 10.6 Å². The lowest BCUT2D eigenvalue weighted by Crippen LogP contribution is -2.42. The first-order valence-corrected chi connectivity index (χ1v) is 8.54. The second kappa shape index (κ2) is 9.48. The van der Waals surface area contributed by atoms with Gasteiger partial charge in [0.15, 0.2) is 0 Å². The first kappa shape index (κ1) is 18.5. The van der Waals surface area contributed by atoms with Gasteiger partial charge in [0.25, 0.3) is 0 Å². The zero-order chi connectivity index (χ0) is 16.5. The molecule has 0 radical (unpaired) electrons. The third-order valence-corrected chi connectivity index (χ3v) is 4.04. The topological polar surface area (TPSA) is 67.4 Å². The molecular formula is C16H24N2O3S. The van der Waals surface area contributed by atoms with Crippen molar-refractivity contribution in [3.8, 4) is 0 Å². The summed E-state index contributed by atoms with van der Waals surface area (Å²) in [4.78, 5) is 23.6. The monoisotopic (exact) mass is 324 g/mol. The molecule has 0 aliphatic heterocycles. The number of anilines is 1. The Kier molecular flexibility index (Phi) is 7.98. The number of aryl methyl sites for hydroxylation is 2. The molecule has 0 heterocycles. The summed E-state index contributed by atoms with van der Waals surface area (Å²) in [5, 5.41) is 5.77. The van der Waals surface area contributed by atoms with Crippen molar-refractivity contribution in [2.75, 3.05) is 31.0 Å². The van der Waals surface area contributed by atoms with E-state index < -0.39 is 6.04 Å². The molecule has 0 aliphatic carbocycles. The van der Waals surface area contributed by atoms with Gasteiger partial charge in [0, 0.05) is 5.69 Å². The van der Waals surface area contributed by atoms with Crippen molar-refractivity contribution in [1.29, 1.82) is 0 Å². The largest absolute Gasteiger partial charge is 0.468 e. The SMILES string of the molecule is COC(=O)[C@@H](CCSC)NCC(=O)Nc1ccc(C)c(C)c1. The summed E-state index contributed by atoms with van der Waals surface area (Å²) in [6.07, 6.45) is 2.60. The summed E-state index contributed by atoms with van der Waals surface area (Å²) in [6.45, 7) is 4.09. The van der Waals surface area contributed by atoms with Gasteiger partial charge in [0.2, 0.25) is 5.91 Å². The zero-order valence-electron chi connectivity index (χ0n) is 13.6. The highest BCUT2D eigenvalue weighted by Crippen LogP contribution is 2.13. The van der Waals surface area contributed by atoms with Crippen LogP contribution in [0.1, 0.15) is 17.5 Å². The normalized spacial score (nSPS) is 11.8. The minimum Gasteiger partial charge on any atom is -0.468 e. The highest BCUT2D eigenvalue weighted by Gasteiger charge is 2.19. The van der Waals surface area contributed by atoms with Crippen LogP contribution >= 0.6 is 11.8 Å². The van der Waals surface area contributed by atoms with E-state index in [1.54, 1.807) is 11.8 Å². The van der Waals surface area contributed by atoms with E-state index in [0.717, 1.165) is 17.0 Å². The molecule has 6 heteroatoms. The zero-order valence-corrected chi connectivity index (χ0v) is 14.4. The van der Waals surface area contributed by atoms with Gasteiger partial charge in [-0.15, -0.1) is 0 Å². The number of hydrogen-bond acceptors (Lipinski definition) is 5. The average Bonchev–Trinajstić information content (AvgIpc) is 2.50. The predicted molar refractivity (Wildman–Crippen MR) is 91.4 cm³/mol. The highest BCUT2D eigenvalue weighted by molar-refractivity contribution is 7.98. The number of methoxy groups -OCH3 is 1. The molecule has 2 N–H and O–H groups in total. The van der Waals surface area contributed by atoms with Gasteiger partial charge in [-0.3, -0.25) is 14.9 Å². The molecule has 0 spiro atoms. The van der Waals surface area contributed by atoms with E-state index in [0.29, 0.717) is 6.42 Å². The molecule has 1 amide bonds. The summed E-state index contributed by atoms with van der Waals surface area (Å²) in [7, 11) is 1.35. The number of benzene rings is 1. The molecule has 0 bridgehead atoms. The summed E-state index contributed by atoms with van der Waals surface area (Å²) in [5.41, 5.74) is 3.06. The lowest BCUT2D eigenvalue weighted by atomic mass is 10.1. The van der Waals surface area contributed by atoms with Crippen molar-refractivity contribution >= 4 is 29.3 Å². The minimum absolute atomic E-state index is 0.0705. The second-order valence-electron chi connectivity index (χ2n) is 5.09. The lowest BCUT2D eigenvalue weighted by Gasteiger charge is -2.16. The fourth-order valence-electron chi connectivity index (χ4n) is 1.92. The molecule has 1 atom stereocenters. The quantitative estimate of drug-likeness (QED) is 0.717. The first-order chi connectivity index (χ1) is 10.5. The Morgan fingerprint density at radius 2 is 2.00 bits per heavy atom. The predicted octanol–water partition coefficient (Wildman–Crippen LogP) is 2.13. The number of carbonyl (C=O) groups is 2. The Morgan fingerprint density at radius 1 is 1.27 bits per heavy atom. The number of esters is 1. The fourth-order valence-corrected chi connectivity index (χ4v) is 2.39. The Hall–Kier alpha value is -1.53. The lowest BCUT2D eigenvalue weighted by molar-refractivity contribution is -0.143. The molecule has 122 valence electrons. The molecule has 1 aromatic rings. The van der Waals surface area contributed by atoms with Crippen LogP contribution in [0.25, 0.3) is 0 Å². The van der Waals surface area contributed by atoms with Gasteiger partial charge >= 0.3 is 5.97 Å². The Balaban J connectivity index is 2.52. The van der Waals surface area contributed by atoms with Crippen LogP contribution in [-0.2, 0) is 14.3 Å². The van der Waals surface area contributed by atoms with Crippen LogP contribution in [0.2, 0.25) is 0 Å².